The van der Waals surface area contributed by atoms with E-state index in [1.54, 1.807) is 0 Å². The van der Waals surface area contributed by atoms with Crippen molar-refractivity contribution in [2.45, 2.75) is 45.4 Å². The number of nitrogens with one attached hydrogen (secondary N) is 1. The normalized spacial score (nSPS) is 22.1. The number of nitrogens with zero attached hydrogens (tertiary/aromatic N) is 4. The van der Waals surface area contributed by atoms with Crippen molar-refractivity contribution in [3.05, 3.63) is 66.0 Å². The number of aliphatic imine (C=N–C) groups is 1. The molecule has 33 heavy (non-hydrogen) atoms. The molecule has 1 aromatic heterocycles. The Hall–Kier alpha value is -1.71. The summed E-state index contributed by atoms with van der Waals surface area (Å²) in [4.78, 5) is 14.4. The largest absolute Gasteiger partial charge is 0.373 e. The van der Waals surface area contributed by atoms with Crippen molar-refractivity contribution in [2.24, 2.45) is 10.9 Å². The van der Waals surface area contributed by atoms with Crippen LogP contribution in [0.5, 0.6) is 0 Å². The van der Waals surface area contributed by atoms with Gasteiger partial charge in [-0.1, -0.05) is 50.2 Å². The maximum absolute atomic E-state index is 6.19. The zero-order valence-electron chi connectivity index (χ0n) is 20.1. The molecule has 2 aliphatic heterocycles. The van der Waals surface area contributed by atoms with Gasteiger partial charge in [-0.3, -0.25) is 14.9 Å². The number of rotatable bonds is 7. The van der Waals surface area contributed by atoms with Crippen LogP contribution in [0.3, 0.4) is 0 Å². The van der Waals surface area contributed by atoms with E-state index < -0.39 is 0 Å². The van der Waals surface area contributed by atoms with Crippen molar-refractivity contribution in [1.29, 1.82) is 0 Å². The Labute approximate surface area is 215 Å². The van der Waals surface area contributed by atoms with Crippen LogP contribution in [0.4, 0.5) is 0 Å². The first-order valence-corrected chi connectivity index (χ1v) is 12.0. The topological polar surface area (TPSA) is 53.0 Å². The summed E-state index contributed by atoms with van der Waals surface area (Å²) in [6, 6.07) is 15.3. The van der Waals surface area contributed by atoms with Crippen LogP contribution < -0.4 is 5.32 Å². The lowest BCUT2D eigenvalue weighted by molar-refractivity contribution is -0.0502. The molecule has 1 aromatic carbocycles. The van der Waals surface area contributed by atoms with Crippen LogP contribution in [0, 0.1) is 5.92 Å². The number of guanidine groups is 1. The second kappa shape index (κ2) is 12.7. The molecule has 3 heterocycles. The van der Waals surface area contributed by atoms with Crippen LogP contribution in [-0.2, 0) is 11.3 Å². The molecule has 180 valence electrons. The van der Waals surface area contributed by atoms with Crippen LogP contribution in [0.2, 0.25) is 0 Å². The molecule has 4 rings (SSSR count). The van der Waals surface area contributed by atoms with E-state index in [1.807, 2.05) is 18.5 Å². The zero-order chi connectivity index (χ0) is 22.3. The Bertz CT molecular complexity index is 864. The number of benzene rings is 1. The highest BCUT2D eigenvalue weighted by molar-refractivity contribution is 14.0. The van der Waals surface area contributed by atoms with Crippen molar-refractivity contribution in [3.63, 3.8) is 0 Å². The summed E-state index contributed by atoms with van der Waals surface area (Å²) in [5.41, 5.74) is 2.62. The van der Waals surface area contributed by atoms with Crippen LogP contribution in [0.25, 0.3) is 0 Å². The highest BCUT2D eigenvalue weighted by Crippen LogP contribution is 2.26. The minimum absolute atomic E-state index is 0. The lowest BCUT2D eigenvalue weighted by Gasteiger charge is -2.36. The average Bonchev–Trinajstić information content (AvgIpc) is 3.25. The monoisotopic (exact) mass is 563 g/mol. The summed E-state index contributed by atoms with van der Waals surface area (Å²) >= 11 is 0. The number of morpholine rings is 1. The summed E-state index contributed by atoms with van der Waals surface area (Å²) in [5, 5.41) is 3.53. The Morgan fingerprint density at radius 1 is 1.18 bits per heavy atom. The molecule has 6 nitrogen and oxygen atoms in total. The molecule has 0 aliphatic carbocycles. The number of likely N-dealkylation sites (tertiary alicyclic amines) is 1. The molecule has 0 bridgehead atoms. The van der Waals surface area contributed by atoms with E-state index in [-0.39, 0.29) is 30.1 Å². The van der Waals surface area contributed by atoms with Gasteiger partial charge >= 0.3 is 0 Å². The number of ether oxygens (including phenoxy) is 1. The van der Waals surface area contributed by atoms with Gasteiger partial charge in [0.15, 0.2) is 5.96 Å². The lowest BCUT2D eigenvalue weighted by atomic mass is 9.89. The first-order valence-electron chi connectivity index (χ1n) is 12.0. The van der Waals surface area contributed by atoms with E-state index in [4.69, 9.17) is 9.73 Å². The predicted octanol–water partition coefficient (Wildman–Crippen LogP) is 3.99. The van der Waals surface area contributed by atoms with Crippen molar-refractivity contribution < 1.29 is 4.74 Å². The number of hydrogen-bond acceptors (Lipinski definition) is 4. The van der Waals surface area contributed by atoms with E-state index in [9.17, 15) is 0 Å². The van der Waals surface area contributed by atoms with E-state index in [0.717, 1.165) is 51.8 Å². The predicted molar refractivity (Wildman–Crippen MR) is 145 cm³/mol. The second-order valence-electron chi connectivity index (χ2n) is 9.17. The summed E-state index contributed by atoms with van der Waals surface area (Å²) in [5.74, 6) is 1.85. The van der Waals surface area contributed by atoms with Crippen molar-refractivity contribution in [3.8, 4) is 0 Å². The molecule has 3 unspecified atom stereocenters. The molecule has 0 saturated carbocycles. The van der Waals surface area contributed by atoms with Gasteiger partial charge in [-0.15, -0.1) is 24.0 Å². The number of pyridine rings is 1. The standard InChI is InChI=1S/C26H37N5O.HI/c1-4-28-26(29-16-23(20(2)3)22-11-8-12-27-15-22)31-18-24-25(19-31)32-14-13-30(24)17-21-9-6-5-7-10-21;/h5-12,15,20,23-25H,4,13-14,16-19H2,1-3H3,(H,28,29);1H. The van der Waals surface area contributed by atoms with Gasteiger partial charge in [0, 0.05) is 57.6 Å². The first-order chi connectivity index (χ1) is 15.7. The molecular formula is C26H38IN5O. The van der Waals surface area contributed by atoms with E-state index >= 15 is 0 Å². The molecule has 3 atom stereocenters. The van der Waals surface area contributed by atoms with E-state index in [1.165, 1.54) is 11.1 Å². The molecule has 2 aliphatic rings. The summed E-state index contributed by atoms with van der Waals surface area (Å²) < 4.78 is 6.19. The third-order valence-electron chi connectivity index (χ3n) is 6.63. The van der Waals surface area contributed by atoms with Crippen molar-refractivity contribution in [1.82, 2.24) is 20.1 Å². The number of hydrogen-bond donors (Lipinski definition) is 1. The number of fused-ring (bicyclic) bond motifs is 1. The summed E-state index contributed by atoms with van der Waals surface area (Å²) in [7, 11) is 0. The van der Waals surface area contributed by atoms with E-state index in [0.29, 0.717) is 17.9 Å². The van der Waals surface area contributed by atoms with Gasteiger partial charge in [-0.2, -0.15) is 0 Å². The average molecular weight is 564 g/mol. The smallest absolute Gasteiger partial charge is 0.194 e. The maximum Gasteiger partial charge on any atom is 0.194 e. The lowest BCUT2D eigenvalue weighted by Crippen LogP contribution is -2.50. The first kappa shape index (κ1) is 25.9. The Morgan fingerprint density at radius 3 is 2.70 bits per heavy atom. The fraction of sp³-hybridized carbons (Fsp3) is 0.538. The van der Waals surface area contributed by atoms with Crippen molar-refractivity contribution >= 4 is 29.9 Å². The van der Waals surface area contributed by atoms with Crippen LogP contribution >= 0.6 is 24.0 Å². The fourth-order valence-electron chi connectivity index (χ4n) is 4.85. The molecule has 2 fully saturated rings. The van der Waals surface area contributed by atoms with Crippen LogP contribution in [0.1, 0.15) is 37.8 Å². The quantitative estimate of drug-likeness (QED) is 0.314. The maximum atomic E-state index is 6.19. The molecule has 2 aromatic rings. The molecule has 0 amide bonds. The van der Waals surface area contributed by atoms with Crippen molar-refractivity contribution in [2.75, 3.05) is 39.3 Å². The molecule has 7 heteroatoms. The number of aromatic nitrogens is 1. The highest BCUT2D eigenvalue weighted by atomic mass is 127. The van der Waals surface area contributed by atoms with Gasteiger partial charge < -0.3 is 15.0 Å². The van der Waals surface area contributed by atoms with Gasteiger partial charge in [0.1, 0.15) is 0 Å². The third-order valence-corrected chi connectivity index (χ3v) is 6.63. The minimum atomic E-state index is 0. The van der Waals surface area contributed by atoms with E-state index in [2.05, 4.69) is 77.3 Å². The molecule has 2 saturated heterocycles. The van der Waals surface area contributed by atoms with Gasteiger partial charge in [-0.25, -0.2) is 0 Å². The molecule has 0 spiro atoms. The zero-order valence-corrected chi connectivity index (χ0v) is 22.4. The SMILES string of the molecule is CCNC(=NCC(c1cccnc1)C(C)C)N1CC2OCCN(Cc3ccccc3)C2C1.I. The van der Waals surface area contributed by atoms with Crippen LogP contribution in [-0.4, -0.2) is 72.2 Å². The summed E-state index contributed by atoms with van der Waals surface area (Å²) in [6.45, 7) is 12.9. The molecule has 1 N–H and O–H groups in total. The molecule has 0 radical (unpaired) electrons. The Kier molecular flexibility index (Phi) is 9.94. The van der Waals surface area contributed by atoms with Gasteiger partial charge in [-0.05, 0) is 30.0 Å². The summed E-state index contributed by atoms with van der Waals surface area (Å²) in [6.07, 6.45) is 4.05. The second-order valence-corrected chi connectivity index (χ2v) is 9.17. The van der Waals surface area contributed by atoms with Crippen LogP contribution in [0.15, 0.2) is 59.9 Å². The third kappa shape index (κ3) is 6.67. The Morgan fingerprint density at radius 2 is 2.00 bits per heavy atom. The highest BCUT2D eigenvalue weighted by Gasteiger charge is 2.41. The molecular weight excluding hydrogens is 525 g/mol. The number of halogens is 1. The van der Waals surface area contributed by atoms with Gasteiger partial charge in [0.25, 0.3) is 0 Å². The van der Waals surface area contributed by atoms with Gasteiger partial charge in [0.05, 0.1) is 18.8 Å². The minimum Gasteiger partial charge on any atom is -0.373 e. The van der Waals surface area contributed by atoms with Gasteiger partial charge in [0.2, 0.25) is 0 Å². The fourth-order valence-corrected chi connectivity index (χ4v) is 4.85. The Balaban J connectivity index is 0.00000306.